The summed E-state index contributed by atoms with van der Waals surface area (Å²) in [6, 6.07) is 4.95. The number of morpholine rings is 1. The topological polar surface area (TPSA) is 50.5 Å². The molecule has 1 atom stereocenters. The summed E-state index contributed by atoms with van der Waals surface area (Å²) >= 11 is 3.19. The fourth-order valence-electron chi connectivity index (χ4n) is 1.91. The summed E-state index contributed by atoms with van der Waals surface area (Å²) in [4.78, 5) is 0. The summed E-state index contributed by atoms with van der Waals surface area (Å²) in [5.74, 6) is -0.263. The molecule has 0 aliphatic carbocycles. The number of benzene rings is 1. The van der Waals surface area contributed by atoms with Crippen molar-refractivity contribution in [2.24, 2.45) is 5.73 Å². The third kappa shape index (κ3) is 3.49. The smallest absolute Gasteiger partial charge is 0.137 e. The van der Waals surface area contributed by atoms with Gasteiger partial charge in [0.05, 0.1) is 23.7 Å². The highest BCUT2D eigenvalue weighted by Gasteiger charge is 2.17. The molecule has 100 valence electrons. The highest BCUT2D eigenvalue weighted by molar-refractivity contribution is 9.10. The summed E-state index contributed by atoms with van der Waals surface area (Å²) in [5, 5.41) is 2.10. The minimum atomic E-state index is -0.263. The molecule has 1 heterocycles. The van der Waals surface area contributed by atoms with Gasteiger partial charge in [-0.15, -0.1) is 0 Å². The van der Waals surface area contributed by atoms with Crippen molar-refractivity contribution in [1.82, 2.24) is 10.4 Å². The molecule has 0 bridgehead atoms. The third-order valence-corrected chi connectivity index (χ3v) is 3.54. The molecule has 0 spiro atoms. The lowest BCUT2D eigenvalue weighted by molar-refractivity contribution is 0.00404. The number of halogens is 2. The Bertz CT molecular complexity index is 399. The molecule has 3 N–H and O–H groups in total. The molecule has 0 saturated carbocycles. The number of nitrogens with one attached hydrogen (secondary N) is 1. The second-order valence-electron chi connectivity index (χ2n) is 4.19. The van der Waals surface area contributed by atoms with Crippen molar-refractivity contribution < 1.29 is 9.13 Å². The van der Waals surface area contributed by atoms with Crippen LogP contribution in [0.4, 0.5) is 4.39 Å². The van der Waals surface area contributed by atoms with Crippen LogP contribution < -0.4 is 11.2 Å². The van der Waals surface area contributed by atoms with Gasteiger partial charge < -0.3 is 10.5 Å². The Morgan fingerprint density at radius 3 is 2.78 bits per heavy atom. The summed E-state index contributed by atoms with van der Waals surface area (Å²) in [5.41, 5.74) is 10.1. The van der Waals surface area contributed by atoms with Crippen LogP contribution in [-0.2, 0) is 4.74 Å². The molecule has 0 aromatic heterocycles. The minimum Gasteiger partial charge on any atom is -0.379 e. The first kappa shape index (κ1) is 13.9. The first-order valence-corrected chi connectivity index (χ1v) is 6.74. The number of nitrogens with zero attached hydrogens (tertiary/aromatic N) is 1. The van der Waals surface area contributed by atoms with Crippen LogP contribution in [0.15, 0.2) is 22.7 Å². The van der Waals surface area contributed by atoms with Crippen molar-refractivity contribution in [3.63, 3.8) is 0 Å². The van der Waals surface area contributed by atoms with E-state index in [4.69, 9.17) is 10.5 Å². The van der Waals surface area contributed by atoms with Gasteiger partial charge in [0.1, 0.15) is 5.82 Å². The normalized spacial score (nSPS) is 18.8. The van der Waals surface area contributed by atoms with E-state index in [1.807, 2.05) is 0 Å². The molecule has 1 saturated heterocycles. The van der Waals surface area contributed by atoms with E-state index in [-0.39, 0.29) is 11.9 Å². The SMILES string of the molecule is NCC(NN1CCOCC1)c1ccc(F)c(Br)c1. The Labute approximate surface area is 114 Å². The largest absolute Gasteiger partial charge is 0.379 e. The standard InChI is InChI=1S/C12H17BrFN3O/c13-10-7-9(1-2-11(10)14)12(8-15)16-17-3-5-18-6-4-17/h1-2,7,12,16H,3-6,8,15H2. The lowest BCUT2D eigenvalue weighted by Gasteiger charge is -2.31. The summed E-state index contributed by atoms with van der Waals surface area (Å²) in [7, 11) is 0. The van der Waals surface area contributed by atoms with E-state index in [9.17, 15) is 4.39 Å². The van der Waals surface area contributed by atoms with Crippen molar-refractivity contribution in [2.75, 3.05) is 32.8 Å². The van der Waals surface area contributed by atoms with Gasteiger partial charge in [0, 0.05) is 19.6 Å². The molecule has 1 fully saturated rings. The van der Waals surface area contributed by atoms with Gasteiger partial charge in [0.15, 0.2) is 0 Å². The van der Waals surface area contributed by atoms with Crippen LogP contribution in [-0.4, -0.2) is 37.9 Å². The average Bonchev–Trinajstić information content (AvgIpc) is 2.40. The molecule has 18 heavy (non-hydrogen) atoms. The van der Waals surface area contributed by atoms with Crippen LogP contribution in [0.25, 0.3) is 0 Å². The zero-order valence-corrected chi connectivity index (χ0v) is 11.6. The van der Waals surface area contributed by atoms with E-state index in [2.05, 4.69) is 26.4 Å². The van der Waals surface area contributed by atoms with Gasteiger partial charge in [0.25, 0.3) is 0 Å². The molecular formula is C12H17BrFN3O. The molecule has 1 aliphatic heterocycles. The molecule has 0 radical (unpaired) electrons. The zero-order chi connectivity index (χ0) is 13.0. The van der Waals surface area contributed by atoms with Gasteiger partial charge in [-0.25, -0.2) is 14.8 Å². The fraction of sp³-hybridized carbons (Fsp3) is 0.500. The highest BCUT2D eigenvalue weighted by Crippen LogP contribution is 2.21. The Hall–Kier alpha value is -0.530. The number of hydrazine groups is 1. The number of ether oxygens (including phenoxy) is 1. The van der Waals surface area contributed by atoms with Gasteiger partial charge >= 0.3 is 0 Å². The maximum Gasteiger partial charge on any atom is 0.137 e. The van der Waals surface area contributed by atoms with Crippen LogP contribution in [0, 0.1) is 5.82 Å². The Morgan fingerprint density at radius 1 is 1.44 bits per heavy atom. The third-order valence-electron chi connectivity index (χ3n) is 2.93. The van der Waals surface area contributed by atoms with Crippen molar-refractivity contribution in [3.8, 4) is 0 Å². The number of hydrogen-bond donors (Lipinski definition) is 2. The number of rotatable bonds is 4. The van der Waals surface area contributed by atoms with Gasteiger partial charge in [-0.1, -0.05) is 6.07 Å². The quantitative estimate of drug-likeness (QED) is 0.882. The number of hydrogen-bond acceptors (Lipinski definition) is 4. The van der Waals surface area contributed by atoms with Crippen LogP contribution in [0.3, 0.4) is 0 Å². The maximum absolute atomic E-state index is 13.2. The second kappa shape index (κ2) is 6.58. The lowest BCUT2D eigenvalue weighted by Crippen LogP contribution is -2.48. The molecule has 1 aromatic rings. The molecule has 0 amide bonds. The predicted octanol–water partition coefficient (Wildman–Crippen LogP) is 1.42. The molecule has 1 aliphatic rings. The summed E-state index contributed by atoms with van der Waals surface area (Å²) in [6.45, 7) is 3.56. The van der Waals surface area contributed by atoms with Crippen LogP contribution in [0.5, 0.6) is 0 Å². The van der Waals surface area contributed by atoms with Crippen molar-refractivity contribution >= 4 is 15.9 Å². The van der Waals surface area contributed by atoms with Gasteiger partial charge in [-0.3, -0.25) is 0 Å². The van der Waals surface area contributed by atoms with E-state index in [1.165, 1.54) is 6.07 Å². The first-order chi connectivity index (χ1) is 8.70. The van der Waals surface area contributed by atoms with Crippen molar-refractivity contribution in [1.29, 1.82) is 0 Å². The summed E-state index contributed by atoms with van der Waals surface area (Å²) < 4.78 is 18.9. The van der Waals surface area contributed by atoms with E-state index in [1.54, 1.807) is 12.1 Å². The Morgan fingerprint density at radius 2 is 2.17 bits per heavy atom. The second-order valence-corrected chi connectivity index (χ2v) is 5.04. The minimum absolute atomic E-state index is 0.0139. The molecule has 1 aromatic carbocycles. The lowest BCUT2D eigenvalue weighted by atomic mass is 10.1. The van der Waals surface area contributed by atoms with Gasteiger partial charge in [-0.05, 0) is 33.6 Å². The monoisotopic (exact) mass is 317 g/mol. The zero-order valence-electron chi connectivity index (χ0n) is 10.0. The van der Waals surface area contributed by atoms with Crippen LogP contribution in [0.1, 0.15) is 11.6 Å². The Kier molecular flexibility index (Phi) is 5.08. The van der Waals surface area contributed by atoms with E-state index in [0.29, 0.717) is 11.0 Å². The predicted molar refractivity (Wildman–Crippen MR) is 71.4 cm³/mol. The Balaban J connectivity index is 2.04. The maximum atomic E-state index is 13.2. The summed E-state index contributed by atoms with van der Waals surface area (Å²) in [6.07, 6.45) is 0. The van der Waals surface area contributed by atoms with Gasteiger partial charge in [-0.2, -0.15) is 0 Å². The van der Waals surface area contributed by atoms with E-state index >= 15 is 0 Å². The van der Waals surface area contributed by atoms with E-state index in [0.717, 1.165) is 31.9 Å². The fourth-order valence-corrected chi connectivity index (χ4v) is 2.30. The molecule has 1 unspecified atom stereocenters. The van der Waals surface area contributed by atoms with E-state index < -0.39 is 0 Å². The highest BCUT2D eigenvalue weighted by atomic mass is 79.9. The molecule has 2 rings (SSSR count). The molecule has 4 nitrogen and oxygen atoms in total. The first-order valence-electron chi connectivity index (χ1n) is 5.94. The molecular weight excluding hydrogens is 301 g/mol. The van der Waals surface area contributed by atoms with Crippen molar-refractivity contribution in [3.05, 3.63) is 34.1 Å². The van der Waals surface area contributed by atoms with Crippen molar-refractivity contribution in [2.45, 2.75) is 6.04 Å². The molecule has 6 heteroatoms. The van der Waals surface area contributed by atoms with Crippen LogP contribution in [0.2, 0.25) is 0 Å². The average molecular weight is 318 g/mol. The number of nitrogens with two attached hydrogens (primary N) is 1. The van der Waals surface area contributed by atoms with Gasteiger partial charge in [0.2, 0.25) is 0 Å². The van der Waals surface area contributed by atoms with Crippen LogP contribution >= 0.6 is 15.9 Å².